The number of fused-ring (bicyclic) bond motifs is 1. The smallest absolute Gasteiger partial charge is 0.165 e. The monoisotopic (exact) mass is 247 g/mol. The minimum Gasteiger partial charge on any atom is -0.382 e. The Bertz CT molecular complexity index is 577. The molecule has 1 fully saturated rings. The number of hydrogen-bond acceptors (Lipinski definition) is 5. The van der Waals surface area contributed by atoms with Crippen LogP contribution in [0.15, 0.2) is 12.7 Å². The van der Waals surface area contributed by atoms with E-state index >= 15 is 0 Å². The summed E-state index contributed by atoms with van der Waals surface area (Å²) in [6, 6.07) is 0. The van der Waals surface area contributed by atoms with Crippen molar-refractivity contribution in [1.82, 2.24) is 19.5 Å². The van der Waals surface area contributed by atoms with Crippen molar-refractivity contribution in [2.24, 2.45) is 0 Å². The van der Waals surface area contributed by atoms with Crippen LogP contribution in [-0.2, 0) is 11.3 Å². The van der Waals surface area contributed by atoms with Crippen LogP contribution in [0.5, 0.6) is 0 Å². The number of aromatic nitrogens is 4. The zero-order chi connectivity index (χ0) is 12.8. The summed E-state index contributed by atoms with van der Waals surface area (Å²) in [4.78, 5) is 12.4. The van der Waals surface area contributed by atoms with Crippen molar-refractivity contribution in [1.29, 1.82) is 0 Å². The number of nitrogen functional groups attached to an aromatic ring is 1. The molecule has 1 atom stereocenters. The number of rotatable bonds is 2. The van der Waals surface area contributed by atoms with Gasteiger partial charge < -0.3 is 15.0 Å². The van der Waals surface area contributed by atoms with Crippen molar-refractivity contribution in [3.8, 4) is 0 Å². The van der Waals surface area contributed by atoms with E-state index in [1.54, 1.807) is 6.33 Å². The molecule has 2 N–H and O–H groups in total. The molecule has 1 aliphatic heterocycles. The molecule has 18 heavy (non-hydrogen) atoms. The van der Waals surface area contributed by atoms with Gasteiger partial charge in [-0.1, -0.05) is 0 Å². The van der Waals surface area contributed by atoms with Crippen molar-refractivity contribution < 1.29 is 4.74 Å². The Morgan fingerprint density at radius 1 is 1.44 bits per heavy atom. The molecule has 2 aromatic heterocycles. The van der Waals surface area contributed by atoms with Crippen molar-refractivity contribution in [3.05, 3.63) is 12.7 Å². The molecule has 0 aromatic carbocycles. The number of imidazole rings is 1. The van der Waals surface area contributed by atoms with E-state index in [4.69, 9.17) is 10.5 Å². The molecule has 0 spiro atoms. The predicted octanol–water partition coefficient (Wildman–Crippen LogP) is 1.37. The Morgan fingerprint density at radius 2 is 2.28 bits per heavy atom. The largest absolute Gasteiger partial charge is 0.382 e. The molecule has 0 saturated carbocycles. The third-order valence-corrected chi connectivity index (χ3v) is 3.38. The fourth-order valence-electron chi connectivity index (χ4n) is 2.46. The highest BCUT2D eigenvalue weighted by Crippen LogP contribution is 2.30. The number of nitrogens with zero attached hydrogens (tertiary/aromatic N) is 4. The van der Waals surface area contributed by atoms with Gasteiger partial charge in [-0.15, -0.1) is 0 Å². The summed E-state index contributed by atoms with van der Waals surface area (Å²) in [6.07, 6.45) is 5.59. The summed E-state index contributed by atoms with van der Waals surface area (Å²) >= 11 is 0. The van der Waals surface area contributed by atoms with Gasteiger partial charge in [0.1, 0.15) is 11.8 Å². The lowest BCUT2D eigenvalue weighted by atomic mass is 10.1. The molecule has 6 nitrogen and oxygen atoms in total. The van der Waals surface area contributed by atoms with Crippen molar-refractivity contribution >= 4 is 17.0 Å². The number of ether oxygens (including phenoxy) is 1. The minimum absolute atomic E-state index is 0.0188. The lowest BCUT2D eigenvalue weighted by Gasteiger charge is -2.19. The molecule has 0 aliphatic carbocycles. The molecule has 0 radical (unpaired) electrons. The first-order valence-electron chi connectivity index (χ1n) is 6.14. The van der Waals surface area contributed by atoms with E-state index in [0.29, 0.717) is 11.3 Å². The molecule has 1 saturated heterocycles. The van der Waals surface area contributed by atoms with Crippen LogP contribution in [0.2, 0.25) is 0 Å². The van der Waals surface area contributed by atoms with E-state index in [0.717, 1.165) is 25.0 Å². The van der Waals surface area contributed by atoms with Crippen LogP contribution < -0.4 is 5.73 Å². The van der Waals surface area contributed by atoms with Gasteiger partial charge in [0.15, 0.2) is 11.5 Å². The molecule has 6 heteroatoms. The summed E-state index contributed by atoms with van der Waals surface area (Å²) in [5, 5.41) is 0. The SMILES string of the molecule is CC1(C)CCC(Cn2cnc3c(N)ncnc32)O1. The molecule has 0 bridgehead atoms. The average molecular weight is 247 g/mol. The lowest BCUT2D eigenvalue weighted by Crippen LogP contribution is -2.22. The summed E-state index contributed by atoms with van der Waals surface area (Å²) in [7, 11) is 0. The molecule has 1 aliphatic rings. The van der Waals surface area contributed by atoms with E-state index < -0.39 is 0 Å². The molecule has 96 valence electrons. The third kappa shape index (κ3) is 1.92. The highest BCUT2D eigenvalue weighted by atomic mass is 16.5. The maximum absolute atomic E-state index is 5.98. The van der Waals surface area contributed by atoms with Crippen LogP contribution >= 0.6 is 0 Å². The topological polar surface area (TPSA) is 78.9 Å². The summed E-state index contributed by atoms with van der Waals surface area (Å²) in [6.45, 7) is 5.01. The average Bonchev–Trinajstić information content (AvgIpc) is 2.85. The first kappa shape index (κ1) is 11.4. The quantitative estimate of drug-likeness (QED) is 0.867. The van der Waals surface area contributed by atoms with E-state index in [1.807, 2.05) is 4.57 Å². The van der Waals surface area contributed by atoms with Crippen molar-refractivity contribution in [2.45, 2.75) is 44.9 Å². The minimum atomic E-state index is -0.0188. The van der Waals surface area contributed by atoms with E-state index in [-0.39, 0.29) is 11.7 Å². The number of anilines is 1. The Hall–Kier alpha value is -1.69. The van der Waals surface area contributed by atoms with Gasteiger partial charge >= 0.3 is 0 Å². The fourth-order valence-corrected chi connectivity index (χ4v) is 2.46. The highest BCUT2D eigenvalue weighted by Gasteiger charge is 2.31. The molecule has 1 unspecified atom stereocenters. The van der Waals surface area contributed by atoms with E-state index in [9.17, 15) is 0 Å². The van der Waals surface area contributed by atoms with Gasteiger partial charge in [-0.05, 0) is 26.7 Å². The lowest BCUT2D eigenvalue weighted by molar-refractivity contribution is -0.0213. The van der Waals surface area contributed by atoms with Gasteiger partial charge in [-0.25, -0.2) is 15.0 Å². The van der Waals surface area contributed by atoms with E-state index in [2.05, 4.69) is 28.8 Å². The third-order valence-electron chi connectivity index (χ3n) is 3.38. The normalized spacial score (nSPS) is 22.7. The van der Waals surface area contributed by atoms with Gasteiger partial charge in [0.2, 0.25) is 0 Å². The molecule has 3 heterocycles. The highest BCUT2D eigenvalue weighted by molar-refractivity contribution is 5.81. The second-order valence-electron chi connectivity index (χ2n) is 5.37. The van der Waals surface area contributed by atoms with E-state index in [1.165, 1.54) is 6.33 Å². The first-order valence-corrected chi connectivity index (χ1v) is 6.14. The predicted molar refractivity (Wildman–Crippen MR) is 67.9 cm³/mol. The Kier molecular flexibility index (Phi) is 2.48. The van der Waals surface area contributed by atoms with Gasteiger partial charge in [0, 0.05) is 0 Å². The van der Waals surface area contributed by atoms with Crippen LogP contribution in [0, 0.1) is 0 Å². The molecular formula is C12H17N5O. The molecular weight excluding hydrogens is 230 g/mol. The number of hydrogen-bond donors (Lipinski definition) is 1. The molecule has 2 aromatic rings. The summed E-state index contributed by atoms with van der Waals surface area (Å²) in [5.41, 5.74) is 7.18. The fraction of sp³-hybridized carbons (Fsp3) is 0.583. The van der Waals surface area contributed by atoms with Gasteiger partial charge in [-0.2, -0.15) is 0 Å². The number of nitrogens with two attached hydrogens (primary N) is 1. The van der Waals surface area contributed by atoms with Crippen LogP contribution in [-0.4, -0.2) is 31.2 Å². The Morgan fingerprint density at radius 3 is 3.00 bits per heavy atom. The zero-order valence-electron chi connectivity index (χ0n) is 10.6. The standard InChI is InChI=1S/C12H17N5O/c1-12(2)4-3-8(18-12)5-17-7-16-9-10(13)14-6-15-11(9)17/h6-8H,3-5H2,1-2H3,(H2,13,14,15). The van der Waals surface area contributed by atoms with Crippen molar-refractivity contribution in [2.75, 3.05) is 5.73 Å². The molecule has 0 amide bonds. The Labute approximate surface area is 105 Å². The van der Waals surface area contributed by atoms with Crippen LogP contribution in [0.25, 0.3) is 11.2 Å². The van der Waals surface area contributed by atoms with Crippen LogP contribution in [0.1, 0.15) is 26.7 Å². The Balaban J connectivity index is 1.86. The van der Waals surface area contributed by atoms with Crippen LogP contribution in [0.4, 0.5) is 5.82 Å². The van der Waals surface area contributed by atoms with Gasteiger partial charge in [-0.3, -0.25) is 0 Å². The van der Waals surface area contributed by atoms with Gasteiger partial charge in [0.05, 0.1) is 24.6 Å². The van der Waals surface area contributed by atoms with Gasteiger partial charge in [0.25, 0.3) is 0 Å². The second kappa shape index (κ2) is 3.91. The maximum atomic E-state index is 5.98. The zero-order valence-corrected chi connectivity index (χ0v) is 10.6. The molecule has 3 rings (SSSR count). The second-order valence-corrected chi connectivity index (χ2v) is 5.37. The first-order chi connectivity index (χ1) is 8.55. The maximum Gasteiger partial charge on any atom is 0.165 e. The van der Waals surface area contributed by atoms with Crippen molar-refractivity contribution in [3.63, 3.8) is 0 Å². The summed E-state index contributed by atoms with van der Waals surface area (Å²) in [5.74, 6) is 0.423. The summed E-state index contributed by atoms with van der Waals surface area (Å²) < 4.78 is 7.96. The van der Waals surface area contributed by atoms with Crippen LogP contribution in [0.3, 0.4) is 0 Å².